The molecule has 1 heterocycles. The fourth-order valence-electron chi connectivity index (χ4n) is 2.68. The molecule has 0 spiro atoms. The van der Waals surface area contributed by atoms with Gasteiger partial charge in [0.25, 0.3) is 0 Å². The smallest absolute Gasteiger partial charge is 0.244 e. The SMILES string of the molecule is NC(=O)[C@H](Nc1ccc2oc(C3CC3)nc2c1)c1ccc(F)cc1. The highest BCUT2D eigenvalue weighted by atomic mass is 19.1. The predicted molar refractivity (Wildman–Crippen MR) is 87.9 cm³/mol. The molecule has 1 saturated carbocycles. The van der Waals surface area contributed by atoms with Crippen molar-refractivity contribution in [1.82, 2.24) is 4.98 Å². The van der Waals surface area contributed by atoms with Gasteiger partial charge in [0.1, 0.15) is 17.4 Å². The number of benzene rings is 2. The van der Waals surface area contributed by atoms with Gasteiger partial charge in [0.15, 0.2) is 11.5 Å². The van der Waals surface area contributed by atoms with Gasteiger partial charge in [-0.05, 0) is 48.7 Å². The number of carbonyl (C=O) groups excluding carboxylic acids is 1. The average Bonchev–Trinajstić information content (AvgIpc) is 3.33. The number of aromatic nitrogens is 1. The van der Waals surface area contributed by atoms with Gasteiger partial charge in [-0.2, -0.15) is 0 Å². The lowest BCUT2D eigenvalue weighted by Crippen LogP contribution is -2.27. The normalized spacial score (nSPS) is 15.4. The van der Waals surface area contributed by atoms with Crippen LogP contribution in [0.25, 0.3) is 11.1 Å². The summed E-state index contributed by atoms with van der Waals surface area (Å²) in [6.07, 6.45) is 2.23. The second-order valence-corrected chi connectivity index (χ2v) is 6.04. The summed E-state index contributed by atoms with van der Waals surface area (Å²) in [4.78, 5) is 16.3. The van der Waals surface area contributed by atoms with Gasteiger partial charge in [-0.25, -0.2) is 9.37 Å². The second-order valence-electron chi connectivity index (χ2n) is 6.04. The summed E-state index contributed by atoms with van der Waals surface area (Å²) in [5.74, 6) is 0.303. The molecule has 4 rings (SSSR count). The molecule has 1 aliphatic carbocycles. The molecule has 1 aromatic heterocycles. The molecule has 5 nitrogen and oxygen atoms in total. The minimum Gasteiger partial charge on any atom is -0.440 e. The molecule has 0 aliphatic heterocycles. The minimum atomic E-state index is -0.752. The fourth-order valence-corrected chi connectivity index (χ4v) is 2.68. The van der Waals surface area contributed by atoms with Crippen molar-refractivity contribution in [2.75, 3.05) is 5.32 Å². The molecule has 1 fully saturated rings. The summed E-state index contributed by atoms with van der Waals surface area (Å²) in [6.45, 7) is 0. The lowest BCUT2D eigenvalue weighted by molar-refractivity contribution is -0.118. The third-order valence-corrected chi connectivity index (χ3v) is 4.13. The number of hydrogen-bond donors (Lipinski definition) is 2. The number of amides is 1. The number of carbonyl (C=O) groups is 1. The lowest BCUT2D eigenvalue weighted by atomic mass is 10.1. The molecule has 24 heavy (non-hydrogen) atoms. The van der Waals surface area contributed by atoms with Gasteiger partial charge < -0.3 is 15.5 Å². The molecule has 1 aliphatic rings. The van der Waals surface area contributed by atoms with E-state index in [0.717, 1.165) is 29.8 Å². The number of oxazole rings is 1. The van der Waals surface area contributed by atoms with E-state index in [4.69, 9.17) is 10.2 Å². The Bertz CT molecular complexity index is 900. The van der Waals surface area contributed by atoms with Crippen LogP contribution in [0.5, 0.6) is 0 Å². The molecule has 0 unspecified atom stereocenters. The van der Waals surface area contributed by atoms with Crippen LogP contribution in [-0.2, 0) is 4.79 Å². The van der Waals surface area contributed by atoms with Gasteiger partial charge in [0.2, 0.25) is 5.91 Å². The number of fused-ring (bicyclic) bond motifs is 1. The number of nitrogens with one attached hydrogen (secondary N) is 1. The van der Waals surface area contributed by atoms with Gasteiger partial charge in [-0.3, -0.25) is 4.79 Å². The van der Waals surface area contributed by atoms with Crippen molar-refractivity contribution in [1.29, 1.82) is 0 Å². The first kappa shape index (κ1) is 14.7. The molecule has 3 N–H and O–H groups in total. The summed E-state index contributed by atoms with van der Waals surface area (Å²) in [5.41, 5.74) is 8.25. The predicted octanol–water partition coefficient (Wildman–Crippen LogP) is 3.48. The van der Waals surface area contributed by atoms with Crippen LogP contribution >= 0.6 is 0 Å². The topological polar surface area (TPSA) is 81.2 Å². The first-order valence-corrected chi connectivity index (χ1v) is 7.82. The van der Waals surface area contributed by atoms with E-state index in [1.807, 2.05) is 18.2 Å². The molecule has 122 valence electrons. The van der Waals surface area contributed by atoms with Crippen molar-refractivity contribution < 1.29 is 13.6 Å². The number of nitrogens with two attached hydrogens (primary N) is 1. The Balaban J connectivity index is 1.62. The van der Waals surface area contributed by atoms with E-state index in [1.54, 1.807) is 0 Å². The van der Waals surface area contributed by atoms with Crippen molar-refractivity contribution in [3.8, 4) is 0 Å². The Kier molecular flexibility index (Phi) is 3.45. The third-order valence-electron chi connectivity index (χ3n) is 4.13. The van der Waals surface area contributed by atoms with E-state index in [2.05, 4.69) is 10.3 Å². The molecule has 3 aromatic rings. The number of nitrogens with zero attached hydrogens (tertiary/aromatic N) is 1. The van der Waals surface area contributed by atoms with Crippen LogP contribution in [0, 0.1) is 5.82 Å². The highest BCUT2D eigenvalue weighted by molar-refractivity contribution is 5.86. The maximum Gasteiger partial charge on any atom is 0.244 e. The molecule has 0 bridgehead atoms. The van der Waals surface area contributed by atoms with Crippen molar-refractivity contribution >= 4 is 22.7 Å². The lowest BCUT2D eigenvalue weighted by Gasteiger charge is -2.17. The molecule has 1 amide bonds. The molecule has 2 aromatic carbocycles. The number of rotatable bonds is 5. The number of halogens is 1. The maximum absolute atomic E-state index is 13.1. The highest BCUT2D eigenvalue weighted by Gasteiger charge is 2.29. The standard InChI is InChI=1S/C18H16FN3O2/c19-12-5-3-10(4-6-12)16(17(20)23)21-13-7-8-15-14(9-13)22-18(24-15)11-1-2-11/h3-9,11,16,21H,1-2H2,(H2,20,23)/t16-/m1/s1. The Hall–Kier alpha value is -2.89. The van der Waals surface area contributed by atoms with Gasteiger partial charge in [-0.15, -0.1) is 0 Å². The van der Waals surface area contributed by atoms with E-state index in [0.29, 0.717) is 17.2 Å². The maximum atomic E-state index is 13.1. The fraction of sp³-hybridized carbons (Fsp3) is 0.222. The van der Waals surface area contributed by atoms with Crippen LogP contribution in [0.3, 0.4) is 0 Å². The minimum absolute atomic E-state index is 0.362. The average molecular weight is 325 g/mol. The second kappa shape index (κ2) is 5.63. The van der Waals surface area contributed by atoms with Gasteiger partial charge in [-0.1, -0.05) is 12.1 Å². The Morgan fingerprint density at radius 3 is 2.67 bits per heavy atom. The summed E-state index contributed by atoms with van der Waals surface area (Å²) in [6, 6.07) is 10.4. The van der Waals surface area contributed by atoms with Crippen molar-refractivity contribution in [3.05, 3.63) is 59.7 Å². The molecule has 0 saturated heterocycles. The van der Waals surface area contributed by atoms with Crippen molar-refractivity contribution in [2.24, 2.45) is 5.73 Å². The largest absolute Gasteiger partial charge is 0.440 e. The zero-order valence-electron chi connectivity index (χ0n) is 12.8. The van der Waals surface area contributed by atoms with Gasteiger partial charge in [0.05, 0.1) is 0 Å². The van der Waals surface area contributed by atoms with Crippen LogP contribution in [-0.4, -0.2) is 10.9 Å². The number of anilines is 1. The van der Waals surface area contributed by atoms with Crippen molar-refractivity contribution in [3.63, 3.8) is 0 Å². The molecule has 1 atom stereocenters. The van der Waals surface area contributed by atoms with Gasteiger partial charge >= 0.3 is 0 Å². The van der Waals surface area contributed by atoms with E-state index in [-0.39, 0.29) is 5.82 Å². The van der Waals surface area contributed by atoms with Crippen LogP contribution in [0.2, 0.25) is 0 Å². The molecule has 0 radical (unpaired) electrons. The summed E-state index contributed by atoms with van der Waals surface area (Å²) >= 11 is 0. The third kappa shape index (κ3) is 2.82. The quantitative estimate of drug-likeness (QED) is 0.752. The molecular formula is C18H16FN3O2. The highest BCUT2D eigenvalue weighted by Crippen LogP contribution is 2.40. The Morgan fingerprint density at radius 2 is 2.00 bits per heavy atom. The summed E-state index contributed by atoms with van der Waals surface area (Å²) < 4.78 is 18.8. The first-order valence-electron chi connectivity index (χ1n) is 7.82. The summed E-state index contributed by atoms with van der Waals surface area (Å²) in [5, 5.41) is 3.08. The van der Waals surface area contributed by atoms with E-state index >= 15 is 0 Å². The van der Waals surface area contributed by atoms with E-state index in [1.165, 1.54) is 24.3 Å². The number of primary amides is 1. The zero-order chi connectivity index (χ0) is 16.7. The zero-order valence-corrected chi connectivity index (χ0v) is 12.8. The Labute approximate surface area is 137 Å². The van der Waals surface area contributed by atoms with Crippen LogP contribution in [0.1, 0.15) is 36.3 Å². The summed E-state index contributed by atoms with van der Waals surface area (Å²) in [7, 11) is 0. The molecular weight excluding hydrogens is 309 g/mol. The molecule has 6 heteroatoms. The van der Waals surface area contributed by atoms with Crippen LogP contribution in [0.15, 0.2) is 46.9 Å². The first-order chi connectivity index (χ1) is 11.6. The Morgan fingerprint density at radius 1 is 1.25 bits per heavy atom. The van der Waals surface area contributed by atoms with Crippen LogP contribution < -0.4 is 11.1 Å². The van der Waals surface area contributed by atoms with Gasteiger partial charge in [0, 0.05) is 11.6 Å². The van der Waals surface area contributed by atoms with E-state index < -0.39 is 11.9 Å². The van der Waals surface area contributed by atoms with E-state index in [9.17, 15) is 9.18 Å². The van der Waals surface area contributed by atoms with Crippen molar-refractivity contribution in [2.45, 2.75) is 24.8 Å². The monoisotopic (exact) mass is 325 g/mol. The van der Waals surface area contributed by atoms with Crippen LogP contribution in [0.4, 0.5) is 10.1 Å². The number of hydrogen-bond acceptors (Lipinski definition) is 4.